The summed E-state index contributed by atoms with van der Waals surface area (Å²) in [5, 5.41) is 26.5. The van der Waals surface area contributed by atoms with Crippen LogP contribution < -0.4 is 0 Å². The first kappa shape index (κ1) is 11.0. The number of rotatable bonds is 4. The molecule has 0 fully saturated rings. The van der Waals surface area contributed by atoms with Gasteiger partial charge in [-0.15, -0.1) is 6.42 Å². The largest absolute Gasteiger partial charge is 0.480 e. The molecule has 0 bridgehead atoms. The smallest absolute Gasteiger partial charge is 0.321 e. The fourth-order valence-electron chi connectivity index (χ4n) is 0.888. The van der Waals surface area contributed by atoms with E-state index >= 15 is 0 Å². The lowest BCUT2D eigenvalue weighted by atomic mass is 9.87. The number of carboxylic acids is 1. The lowest BCUT2D eigenvalue weighted by Crippen LogP contribution is -2.39. The molecule has 2 atom stereocenters. The third kappa shape index (κ3) is 2.53. The van der Waals surface area contributed by atoms with Crippen molar-refractivity contribution >= 4 is 5.97 Å². The van der Waals surface area contributed by atoms with Crippen LogP contribution in [0.2, 0.25) is 0 Å². The molecule has 4 nitrogen and oxygen atoms in total. The second-order valence-electron chi connectivity index (χ2n) is 2.77. The van der Waals surface area contributed by atoms with Crippen LogP contribution in [-0.4, -0.2) is 33.5 Å². The standard InChI is InChI=1S/C8H12O4/c1-3-6(7(10)11)8(2,12)4-5-9/h1,6,9,12H,4-5H2,2H3,(H,10,11)/t6?,8-/m1/s1. The lowest BCUT2D eigenvalue weighted by molar-refractivity contribution is -0.147. The molecule has 0 amide bonds. The maximum absolute atomic E-state index is 10.5. The monoisotopic (exact) mass is 172 g/mol. The van der Waals surface area contributed by atoms with Gasteiger partial charge in [0.05, 0.1) is 5.60 Å². The number of carboxylic acid groups (broad SMARTS) is 1. The third-order valence-electron chi connectivity index (χ3n) is 1.65. The summed E-state index contributed by atoms with van der Waals surface area (Å²) in [6.45, 7) is 1.00. The Morgan fingerprint density at radius 1 is 1.75 bits per heavy atom. The molecule has 0 aliphatic carbocycles. The van der Waals surface area contributed by atoms with Crippen LogP contribution in [0.25, 0.3) is 0 Å². The summed E-state index contributed by atoms with van der Waals surface area (Å²) in [7, 11) is 0. The number of carbonyl (C=O) groups is 1. The van der Waals surface area contributed by atoms with Gasteiger partial charge in [-0.05, 0) is 6.92 Å². The minimum Gasteiger partial charge on any atom is -0.480 e. The van der Waals surface area contributed by atoms with Crippen molar-refractivity contribution in [1.29, 1.82) is 0 Å². The van der Waals surface area contributed by atoms with E-state index in [0.29, 0.717) is 0 Å². The lowest BCUT2D eigenvalue weighted by Gasteiger charge is -2.25. The highest BCUT2D eigenvalue weighted by molar-refractivity contribution is 5.74. The minimum absolute atomic E-state index is 0.0475. The summed E-state index contributed by atoms with van der Waals surface area (Å²) in [4.78, 5) is 10.5. The fraction of sp³-hybridized carbons (Fsp3) is 0.625. The fourth-order valence-corrected chi connectivity index (χ4v) is 0.888. The first-order valence-electron chi connectivity index (χ1n) is 3.48. The summed E-state index contributed by atoms with van der Waals surface area (Å²) < 4.78 is 0. The van der Waals surface area contributed by atoms with Crippen LogP contribution >= 0.6 is 0 Å². The molecule has 1 unspecified atom stereocenters. The van der Waals surface area contributed by atoms with E-state index in [1.54, 1.807) is 0 Å². The Balaban J connectivity index is 4.50. The minimum atomic E-state index is -1.55. The molecule has 0 aromatic heterocycles. The molecule has 0 aromatic rings. The van der Waals surface area contributed by atoms with Crippen molar-refractivity contribution in [3.63, 3.8) is 0 Å². The quantitative estimate of drug-likeness (QED) is 0.497. The molecule has 0 rings (SSSR count). The molecule has 0 aliphatic rings. The number of aliphatic carboxylic acids is 1. The Labute approximate surface area is 70.8 Å². The summed E-state index contributed by atoms with van der Waals surface area (Å²) >= 11 is 0. The summed E-state index contributed by atoms with van der Waals surface area (Å²) in [5.41, 5.74) is -1.55. The van der Waals surface area contributed by atoms with Crippen molar-refractivity contribution < 1.29 is 20.1 Å². The Morgan fingerprint density at radius 3 is 2.50 bits per heavy atom. The number of aliphatic hydroxyl groups is 2. The average Bonchev–Trinajstić information content (AvgIpc) is 1.86. The van der Waals surface area contributed by atoms with Gasteiger partial charge in [0.25, 0.3) is 0 Å². The van der Waals surface area contributed by atoms with Gasteiger partial charge < -0.3 is 15.3 Å². The van der Waals surface area contributed by atoms with Crippen molar-refractivity contribution in [3.8, 4) is 12.3 Å². The Bertz CT molecular complexity index is 202. The molecule has 0 heterocycles. The maximum atomic E-state index is 10.5. The number of hydrogen-bond donors (Lipinski definition) is 3. The van der Waals surface area contributed by atoms with Gasteiger partial charge in [0.15, 0.2) is 0 Å². The van der Waals surface area contributed by atoms with E-state index in [-0.39, 0.29) is 13.0 Å². The van der Waals surface area contributed by atoms with Gasteiger partial charge in [0.1, 0.15) is 5.92 Å². The zero-order chi connectivity index (χ0) is 9.78. The molecule has 3 N–H and O–H groups in total. The molecule has 0 spiro atoms. The molecule has 0 saturated carbocycles. The Hall–Kier alpha value is -1.05. The maximum Gasteiger partial charge on any atom is 0.321 e. The molecule has 0 saturated heterocycles. The molecular formula is C8H12O4. The SMILES string of the molecule is C#CC(C(=O)O)[C@](C)(O)CCO. The van der Waals surface area contributed by atoms with Gasteiger partial charge in [-0.1, -0.05) is 5.92 Å². The van der Waals surface area contributed by atoms with E-state index in [4.69, 9.17) is 16.6 Å². The predicted octanol–water partition coefficient (Wildman–Crippen LogP) is -0.546. The topological polar surface area (TPSA) is 77.8 Å². The van der Waals surface area contributed by atoms with Crippen molar-refractivity contribution in [1.82, 2.24) is 0 Å². The van der Waals surface area contributed by atoms with Crippen LogP contribution in [0.15, 0.2) is 0 Å². The van der Waals surface area contributed by atoms with Gasteiger partial charge in [-0.2, -0.15) is 0 Å². The van der Waals surface area contributed by atoms with E-state index < -0.39 is 17.5 Å². The molecular weight excluding hydrogens is 160 g/mol. The highest BCUT2D eigenvalue weighted by atomic mass is 16.4. The third-order valence-corrected chi connectivity index (χ3v) is 1.65. The molecule has 0 aliphatic heterocycles. The Kier molecular flexibility index (Phi) is 3.74. The second kappa shape index (κ2) is 4.10. The first-order chi connectivity index (χ1) is 5.45. The van der Waals surface area contributed by atoms with Crippen LogP contribution in [0, 0.1) is 18.3 Å². The average molecular weight is 172 g/mol. The van der Waals surface area contributed by atoms with Crippen LogP contribution in [0.3, 0.4) is 0 Å². The van der Waals surface area contributed by atoms with E-state index in [1.807, 2.05) is 5.92 Å². The van der Waals surface area contributed by atoms with Crippen LogP contribution in [0.1, 0.15) is 13.3 Å². The van der Waals surface area contributed by atoms with Crippen molar-refractivity contribution in [2.24, 2.45) is 5.92 Å². The van der Waals surface area contributed by atoms with Crippen LogP contribution in [0.5, 0.6) is 0 Å². The zero-order valence-corrected chi connectivity index (χ0v) is 6.82. The number of aliphatic hydroxyl groups excluding tert-OH is 1. The molecule has 68 valence electrons. The summed E-state index contributed by atoms with van der Waals surface area (Å²) in [6.07, 6.45) is 4.87. The number of terminal acetylenes is 1. The molecule has 0 aromatic carbocycles. The van der Waals surface area contributed by atoms with E-state index in [0.717, 1.165) is 0 Å². The van der Waals surface area contributed by atoms with Crippen molar-refractivity contribution in [2.45, 2.75) is 18.9 Å². The van der Waals surface area contributed by atoms with E-state index in [2.05, 4.69) is 0 Å². The van der Waals surface area contributed by atoms with Gasteiger partial charge >= 0.3 is 5.97 Å². The van der Waals surface area contributed by atoms with E-state index in [1.165, 1.54) is 6.92 Å². The van der Waals surface area contributed by atoms with Crippen molar-refractivity contribution in [3.05, 3.63) is 0 Å². The van der Waals surface area contributed by atoms with Gasteiger partial charge in [-0.3, -0.25) is 4.79 Å². The van der Waals surface area contributed by atoms with Crippen LogP contribution in [0.4, 0.5) is 0 Å². The van der Waals surface area contributed by atoms with Crippen molar-refractivity contribution in [2.75, 3.05) is 6.61 Å². The second-order valence-corrected chi connectivity index (χ2v) is 2.77. The zero-order valence-electron chi connectivity index (χ0n) is 6.82. The van der Waals surface area contributed by atoms with Gasteiger partial charge in [0.2, 0.25) is 0 Å². The predicted molar refractivity (Wildman–Crippen MR) is 42.3 cm³/mol. The first-order valence-corrected chi connectivity index (χ1v) is 3.48. The molecule has 0 radical (unpaired) electrons. The van der Waals surface area contributed by atoms with Gasteiger partial charge in [0, 0.05) is 13.0 Å². The highest BCUT2D eigenvalue weighted by Crippen LogP contribution is 2.20. The molecule has 12 heavy (non-hydrogen) atoms. The van der Waals surface area contributed by atoms with Gasteiger partial charge in [-0.25, -0.2) is 0 Å². The molecule has 4 heteroatoms. The summed E-state index contributed by atoms with van der Waals surface area (Å²) in [6, 6.07) is 0. The van der Waals surface area contributed by atoms with E-state index in [9.17, 15) is 9.90 Å². The highest BCUT2D eigenvalue weighted by Gasteiger charge is 2.35. The number of hydrogen-bond acceptors (Lipinski definition) is 3. The Morgan fingerprint density at radius 2 is 2.25 bits per heavy atom. The summed E-state index contributed by atoms with van der Waals surface area (Å²) in [5.74, 6) is -0.561. The van der Waals surface area contributed by atoms with Crippen LogP contribution in [-0.2, 0) is 4.79 Å². The normalized spacial score (nSPS) is 17.5.